The summed E-state index contributed by atoms with van der Waals surface area (Å²) >= 11 is 0. The lowest BCUT2D eigenvalue weighted by atomic mass is 9.87. The Labute approximate surface area is 306 Å². The van der Waals surface area contributed by atoms with E-state index in [1.165, 1.54) is 7.11 Å². The summed E-state index contributed by atoms with van der Waals surface area (Å²) in [4.78, 5) is 44.5. The van der Waals surface area contributed by atoms with Gasteiger partial charge in [0.25, 0.3) is 5.91 Å². The molecule has 0 aliphatic carbocycles. The van der Waals surface area contributed by atoms with Gasteiger partial charge >= 0.3 is 6.09 Å². The Morgan fingerprint density at radius 2 is 1.58 bits per heavy atom. The molecule has 3 aromatic carbocycles. The van der Waals surface area contributed by atoms with E-state index < -0.39 is 12.1 Å². The van der Waals surface area contributed by atoms with Gasteiger partial charge in [-0.05, 0) is 55.0 Å². The summed E-state index contributed by atoms with van der Waals surface area (Å²) in [5, 5.41) is 6.29. The molecule has 13 nitrogen and oxygen atoms in total. The summed E-state index contributed by atoms with van der Waals surface area (Å²) in [7, 11) is 3.03. The summed E-state index contributed by atoms with van der Waals surface area (Å²) in [6, 6.07) is 16.7. The molecule has 5 aromatic rings. The van der Waals surface area contributed by atoms with Gasteiger partial charge in [0.1, 0.15) is 42.4 Å². The number of carbonyl (C=O) groups is 2. The number of aromatic nitrogens is 4. The maximum atomic E-state index is 14.0. The number of hydrogen-bond donors (Lipinski definition) is 4. The molecule has 6 heterocycles. The van der Waals surface area contributed by atoms with Crippen molar-refractivity contribution in [2.45, 2.75) is 50.6 Å². The first kappa shape index (κ1) is 33.2. The first-order valence-corrected chi connectivity index (χ1v) is 18.1. The van der Waals surface area contributed by atoms with Crippen LogP contribution in [0.4, 0.5) is 4.79 Å². The number of carbonyl (C=O) groups excluding carboxylic acids is 2. The predicted molar refractivity (Wildman–Crippen MR) is 195 cm³/mol. The van der Waals surface area contributed by atoms with Crippen molar-refractivity contribution in [1.82, 2.24) is 35.5 Å². The van der Waals surface area contributed by atoms with Crippen LogP contribution in [0.25, 0.3) is 33.6 Å². The molecule has 2 saturated heterocycles. The second kappa shape index (κ2) is 13.7. The van der Waals surface area contributed by atoms with Crippen molar-refractivity contribution in [1.29, 1.82) is 0 Å². The lowest BCUT2D eigenvalue weighted by Crippen LogP contribution is -2.42. The number of aromatic amines is 2. The van der Waals surface area contributed by atoms with Crippen LogP contribution in [0.2, 0.25) is 0 Å². The Morgan fingerprint density at radius 3 is 2.25 bits per heavy atom. The lowest BCUT2D eigenvalue weighted by molar-refractivity contribution is -0.134. The minimum Gasteiger partial charge on any atom is -0.488 e. The van der Waals surface area contributed by atoms with Crippen LogP contribution >= 0.6 is 0 Å². The minimum atomic E-state index is -0.881. The van der Waals surface area contributed by atoms with Crippen LogP contribution in [-0.2, 0) is 27.5 Å². The van der Waals surface area contributed by atoms with Crippen molar-refractivity contribution >= 4 is 12.0 Å². The quantitative estimate of drug-likeness (QED) is 0.144. The van der Waals surface area contributed by atoms with E-state index in [1.54, 1.807) is 12.0 Å². The molecule has 4 aliphatic rings. The fraction of sp³-hybridized carbons (Fsp3) is 0.350. The summed E-state index contributed by atoms with van der Waals surface area (Å²) in [5.74, 6) is 3.54. The molecule has 9 rings (SSSR count). The van der Waals surface area contributed by atoms with Gasteiger partial charge in [0.15, 0.2) is 0 Å². The fourth-order valence-electron chi connectivity index (χ4n) is 8.27. The molecular weight excluding hydrogens is 674 g/mol. The third-order valence-electron chi connectivity index (χ3n) is 10.8. The van der Waals surface area contributed by atoms with Crippen molar-refractivity contribution in [3.05, 3.63) is 95.3 Å². The number of methoxy groups -OCH3 is 2. The summed E-state index contributed by atoms with van der Waals surface area (Å²) < 4.78 is 23.0. The standard InChI is InChI=1S/C40H41N7O6/c1-50-19-22-11-28(41-16-22)37-42-17-29(44-37)24-12-26-20-53-33-15-25(13-27-21-52-32(14-24)34(26)35(27)33)30-18-43-38(45-30)31-9-6-10-47(31)39(48)36(46-40(49)51-2)23-7-4-3-5-8-23/h3-5,7-8,12-15,17-18,22,28,31,36,41H,6,9-11,16,19-21H2,1-2H3,(H,42,44)(H,43,45)(H,46,49)/t22-,28-,31-,36+/m0/s1. The third-order valence-corrected chi connectivity index (χ3v) is 10.8. The zero-order valence-electron chi connectivity index (χ0n) is 29.6. The predicted octanol–water partition coefficient (Wildman–Crippen LogP) is 5.98. The first-order valence-electron chi connectivity index (χ1n) is 18.1. The van der Waals surface area contributed by atoms with E-state index in [0.717, 1.165) is 94.5 Å². The molecule has 272 valence electrons. The molecule has 53 heavy (non-hydrogen) atoms. The number of imidazole rings is 2. The van der Waals surface area contributed by atoms with Crippen LogP contribution < -0.4 is 20.1 Å². The molecule has 0 unspecified atom stereocenters. The number of nitrogens with one attached hydrogen (secondary N) is 4. The fourth-order valence-corrected chi connectivity index (χ4v) is 8.27. The Bertz CT molecular complexity index is 2130. The van der Waals surface area contributed by atoms with Gasteiger partial charge in [0.05, 0.1) is 49.6 Å². The Morgan fingerprint density at radius 1 is 0.925 bits per heavy atom. The number of H-pyrrole nitrogens is 2. The Hall–Kier alpha value is -5.66. The molecule has 0 bridgehead atoms. The highest BCUT2D eigenvalue weighted by Gasteiger charge is 2.37. The van der Waals surface area contributed by atoms with Gasteiger partial charge in [-0.2, -0.15) is 0 Å². The van der Waals surface area contributed by atoms with Gasteiger partial charge in [-0.3, -0.25) is 4.79 Å². The van der Waals surface area contributed by atoms with E-state index in [2.05, 4.69) is 44.9 Å². The molecule has 4 aliphatic heterocycles. The van der Waals surface area contributed by atoms with Crippen molar-refractivity contribution in [2.75, 3.05) is 33.9 Å². The number of alkyl carbamates (subject to hydrolysis) is 1. The van der Waals surface area contributed by atoms with Crippen LogP contribution in [0.15, 0.2) is 67.0 Å². The molecule has 2 fully saturated rings. The first-order chi connectivity index (χ1) is 26.0. The van der Waals surface area contributed by atoms with Crippen molar-refractivity contribution in [2.24, 2.45) is 5.92 Å². The zero-order chi connectivity index (χ0) is 36.1. The Balaban J connectivity index is 0.959. The second-order valence-electron chi connectivity index (χ2n) is 14.1. The van der Waals surface area contributed by atoms with E-state index in [1.807, 2.05) is 42.7 Å². The normalized spacial score (nSPS) is 20.3. The highest BCUT2D eigenvalue weighted by molar-refractivity contribution is 5.89. The van der Waals surface area contributed by atoms with Gasteiger partial charge in [-0.1, -0.05) is 30.3 Å². The van der Waals surface area contributed by atoms with Gasteiger partial charge in [-0.25, -0.2) is 14.8 Å². The molecule has 2 aromatic heterocycles. The molecule has 4 atom stereocenters. The molecule has 2 amide bonds. The SMILES string of the molecule is COC[C@@H]1CN[C@H](c2ncc(-c3cc4c5c(c3)OCc3cc(-c6cnc([C@@H]7CCCN7C(=O)[C@H](NC(=O)OC)c7ccccc7)[nH]6)cc(c3-5)OC4)[nH]2)C1. The van der Waals surface area contributed by atoms with E-state index in [0.29, 0.717) is 37.1 Å². The molecule has 13 heteroatoms. The second-order valence-corrected chi connectivity index (χ2v) is 14.1. The van der Waals surface area contributed by atoms with Crippen LogP contribution in [-0.4, -0.2) is 70.8 Å². The highest BCUT2D eigenvalue weighted by Crippen LogP contribution is 2.51. The van der Waals surface area contributed by atoms with Gasteiger partial charge in [0, 0.05) is 53.6 Å². The van der Waals surface area contributed by atoms with Gasteiger partial charge < -0.3 is 44.4 Å². The number of ether oxygens (including phenoxy) is 4. The summed E-state index contributed by atoms with van der Waals surface area (Å²) in [6.45, 7) is 3.02. The molecule has 4 N–H and O–H groups in total. The number of hydrogen-bond acceptors (Lipinski definition) is 9. The van der Waals surface area contributed by atoms with E-state index in [4.69, 9.17) is 28.9 Å². The molecular formula is C40H41N7O6. The summed E-state index contributed by atoms with van der Waals surface area (Å²) in [5.41, 5.74) is 8.62. The maximum absolute atomic E-state index is 14.0. The minimum absolute atomic E-state index is 0.177. The molecule has 0 spiro atoms. The number of rotatable bonds is 9. The van der Waals surface area contributed by atoms with Crippen LogP contribution in [0.3, 0.4) is 0 Å². The number of nitrogens with zero attached hydrogens (tertiary/aromatic N) is 3. The molecule has 0 saturated carbocycles. The lowest BCUT2D eigenvalue weighted by Gasteiger charge is -2.30. The van der Waals surface area contributed by atoms with Crippen molar-refractivity contribution in [3.63, 3.8) is 0 Å². The average Bonchev–Trinajstić information content (AvgIpc) is 4.03. The monoisotopic (exact) mass is 715 g/mol. The van der Waals surface area contributed by atoms with Crippen molar-refractivity contribution < 1.29 is 28.5 Å². The molecule has 0 radical (unpaired) electrons. The number of amides is 2. The van der Waals surface area contributed by atoms with Crippen LogP contribution in [0.1, 0.15) is 65.7 Å². The van der Waals surface area contributed by atoms with Gasteiger partial charge in [0.2, 0.25) is 0 Å². The van der Waals surface area contributed by atoms with Crippen LogP contribution in [0, 0.1) is 5.92 Å². The van der Waals surface area contributed by atoms with Gasteiger partial charge in [-0.15, -0.1) is 0 Å². The average molecular weight is 716 g/mol. The van der Waals surface area contributed by atoms with Crippen molar-refractivity contribution in [3.8, 4) is 45.1 Å². The third kappa shape index (κ3) is 6.09. The van der Waals surface area contributed by atoms with E-state index in [-0.39, 0.29) is 18.0 Å². The number of likely N-dealkylation sites (tertiary alicyclic amines) is 1. The zero-order valence-corrected chi connectivity index (χ0v) is 29.6. The topological polar surface area (TPSA) is 156 Å². The van der Waals surface area contributed by atoms with E-state index >= 15 is 0 Å². The Kier molecular flexibility index (Phi) is 8.59. The van der Waals surface area contributed by atoms with E-state index in [9.17, 15) is 9.59 Å². The smallest absolute Gasteiger partial charge is 0.407 e. The maximum Gasteiger partial charge on any atom is 0.407 e. The largest absolute Gasteiger partial charge is 0.488 e. The summed E-state index contributed by atoms with van der Waals surface area (Å²) in [6.07, 6.45) is 5.59. The highest BCUT2D eigenvalue weighted by atomic mass is 16.5. The van der Waals surface area contributed by atoms with Crippen LogP contribution in [0.5, 0.6) is 11.5 Å². The number of benzene rings is 3.